The highest BCUT2D eigenvalue weighted by Crippen LogP contribution is 2.24. The third kappa shape index (κ3) is 4.28. The monoisotopic (exact) mass is 341 g/mol. The van der Waals surface area contributed by atoms with Gasteiger partial charge in [-0.1, -0.05) is 18.2 Å². The number of hydrogen-bond donors (Lipinski definition) is 1. The summed E-state index contributed by atoms with van der Waals surface area (Å²) in [6.07, 6.45) is 2.78. The van der Waals surface area contributed by atoms with Crippen LogP contribution in [0.3, 0.4) is 0 Å². The number of carbonyl (C=O) groups is 1. The molecule has 0 bridgehead atoms. The number of nitrogens with one attached hydrogen (secondary N) is 1. The number of hydrogen-bond acceptors (Lipinski definition) is 4. The standard InChI is InChI=1S/C20H27N3O2/c1-14-8-4-5-9-17(14)20-22-18(16(3)25-20)12-19(24)21-13-15(2)23-10-6-7-11-23/h4-5,8-9,15H,6-7,10-13H2,1-3H3,(H,21,24). The summed E-state index contributed by atoms with van der Waals surface area (Å²) in [7, 11) is 0. The van der Waals surface area contributed by atoms with Gasteiger partial charge in [0.05, 0.1) is 12.1 Å². The number of likely N-dealkylation sites (tertiary alicyclic amines) is 1. The number of oxazole rings is 1. The minimum atomic E-state index is -0.00113. The smallest absolute Gasteiger partial charge is 0.226 e. The van der Waals surface area contributed by atoms with Crippen molar-refractivity contribution in [1.82, 2.24) is 15.2 Å². The Balaban J connectivity index is 1.59. The van der Waals surface area contributed by atoms with Crippen molar-refractivity contribution >= 4 is 5.91 Å². The van der Waals surface area contributed by atoms with E-state index in [4.69, 9.17) is 4.42 Å². The van der Waals surface area contributed by atoms with Crippen molar-refractivity contribution in [3.63, 3.8) is 0 Å². The van der Waals surface area contributed by atoms with Crippen molar-refractivity contribution in [2.75, 3.05) is 19.6 Å². The number of aryl methyl sites for hydroxylation is 2. The van der Waals surface area contributed by atoms with Gasteiger partial charge < -0.3 is 9.73 Å². The molecule has 1 saturated heterocycles. The third-order valence-electron chi connectivity index (χ3n) is 4.95. The second kappa shape index (κ2) is 7.83. The van der Waals surface area contributed by atoms with Gasteiger partial charge in [0.1, 0.15) is 5.76 Å². The van der Waals surface area contributed by atoms with Gasteiger partial charge in [-0.2, -0.15) is 0 Å². The molecular formula is C20H27N3O2. The average Bonchev–Trinajstić information content (AvgIpc) is 3.24. The molecule has 1 aromatic carbocycles. The van der Waals surface area contributed by atoms with Crippen LogP contribution in [-0.4, -0.2) is 41.5 Å². The van der Waals surface area contributed by atoms with Gasteiger partial charge in [0.2, 0.25) is 11.8 Å². The molecule has 2 aromatic rings. The maximum atomic E-state index is 12.3. The fraction of sp³-hybridized carbons (Fsp3) is 0.500. The minimum absolute atomic E-state index is 0.00113. The number of rotatable bonds is 6. The van der Waals surface area contributed by atoms with Gasteiger partial charge >= 0.3 is 0 Å². The van der Waals surface area contributed by atoms with Crippen LogP contribution in [0, 0.1) is 13.8 Å². The van der Waals surface area contributed by atoms with Crippen LogP contribution in [0.1, 0.15) is 36.8 Å². The Morgan fingerprint density at radius 1 is 1.28 bits per heavy atom. The molecule has 2 heterocycles. The summed E-state index contributed by atoms with van der Waals surface area (Å²) >= 11 is 0. The van der Waals surface area contributed by atoms with Crippen molar-refractivity contribution in [3.05, 3.63) is 41.3 Å². The van der Waals surface area contributed by atoms with E-state index in [1.807, 2.05) is 38.1 Å². The lowest BCUT2D eigenvalue weighted by Gasteiger charge is -2.23. The number of amides is 1. The topological polar surface area (TPSA) is 58.4 Å². The molecular weight excluding hydrogens is 314 g/mol. The molecule has 3 rings (SSSR count). The predicted octanol–water partition coefficient (Wildman–Crippen LogP) is 3.10. The molecule has 1 N–H and O–H groups in total. The third-order valence-corrected chi connectivity index (χ3v) is 4.95. The molecule has 1 aliphatic rings. The lowest BCUT2D eigenvalue weighted by Crippen LogP contribution is -2.41. The molecule has 5 nitrogen and oxygen atoms in total. The molecule has 134 valence electrons. The Hall–Kier alpha value is -2.14. The molecule has 1 aliphatic heterocycles. The molecule has 5 heteroatoms. The maximum Gasteiger partial charge on any atom is 0.226 e. The fourth-order valence-corrected chi connectivity index (χ4v) is 3.31. The highest BCUT2D eigenvalue weighted by molar-refractivity contribution is 5.78. The molecule has 1 amide bonds. The molecule has 1 aromatic heterocycles. The highest BCUT2D eigenvalue weighted by Gasteiger charge is 2.19. The zero-order valence-corrected chi connectivity index (χ0v) is 15.3. The van der Waals surface area contributed by atoms with E-state index in [-0.39, 0.29) is 12.3 Å². The molecule has 0 radical (unpaired) electrons. The Morgan fingerprint density at radius 2 is 2.00 bits per heavy atom. The second-order valence-electron chi connectivity index (χ2n) is 6.91. The zero-order valence-electron chi connectivity index (χ0n) is 15.3. The lowest BCUT2D eigenvalue weighted by molar-refractivity contribution is -0.120. The van der Waals surface area contributed by atoms with E-state index in [1.165, 1.54) is 12.8 Å². The Bertz CT molecular complexity index is 732. The van der Waals surface area contributed by atoms with Crippen molar-refractivity contribution in [1.29, 1.82) is 0 Å². The summed E-state index contributed by atoms with van der Waals surface area (Å²) in [4.78, 5) is 19.3. The fourth-order valence-electron chi connectivity index (χ4n) is 3.31. The quantitative estimate of drug-likeness (QED) is 0.877. The summed E-state index contributed by atoms with van der Waals surface area (Å²) in [6, 6.07) is 8.36. The Labute approximate surface area is 149 Å². The van der Waals surface area contributed by atoms with E-state index >= 15 is 0 Å². The van der Waals surface area contributed by atoms with Crippen LogP contribution in [0.2, 0.25) is 0 Å². The summed E-state index contributed by atoms with van der Waals surface area (Å²) in [5.74, 6) is 1.30. The van der Waals surface area contributed by atoms with Crippen LogP contribution in [-0.2, 0) is 11.2 Å². The summed E-state index contributed by atoms with van der Waals surface area (Å²) in [6.45, 7) is 9.02. The van der Waals surface area contributed by atoms with Gasteiger partial charge in [0, 0.05) is 18.2 Å². The number of benzene rings is 1. The van der Waals surface area contributed by atoms with Crippen molar-refractivity contribution in [2.45, 2.75) is 46.1 Å². The second-order valence-corrected chi connectivity index (χ2v) is 6.91. The van der Waals surface area contributed by atoms with Gasteiger partial charge in [-0.15, -0.1) is 0 Å². The first-order chi connectivity index (χ1) is 12.0. The van der Waals surface area contributed by atoms with Crippen LogP contribution in [0.15, 0.2) is 28.7 Å². The predicted molar refractivity (Wildman–Crippen MR) is 98.4 cm³/mol. The Morgan fingerprint density at radius 3 is 2.72 bits per heavy atom. The molecule has 1 fully saturated rings. The summed E-state index contributed by atoms with van der Waals surface area (Å²) < 4.78 is 5.79. The average molecular weight is 341 g/mol. The first-order valence-corrected chi connectivity index (χ1v) is 9.07. The summed E-state index contributed by atoms with van der Waals surface area (Å²) in [5, 5.41) is 3.03. The highest BCUT2D eigenvalue weighted by atomic mass is 16.4. The van der Waals surface area contributed by atoms with Crippen LogP contribution in [0.4, 0.5) is 0 Å². The van der Waals surface area contributed by atoms with Crippen molar-refractivity contribution in [2.24, 2.45) is 0 Å². The van der Waals surface area contributed by atoms with Crippen LogP contribution < -0.4 is 5.32 Å². The van der Waals surface area contributed by atoms with Gasteiger partial charge in [-0.3, -0.25) is 9.69 Å². The maximum absolute atomic E-state index is 12.3. The van der Waals surface area contributed by atoms with E-state index in [9.17, 15) is 4.79 Å². The molecule has 25 heavy (non-hydrogen) atoms. The normalized spacial score (nSPS) is 16.1. The minimum Gasteiger partial charge on any atom is -0.441 e. The van der Waals surface area contributed by atoms with E-state index in [0.29, 0.717) is 29.9 Å². The number of nitrogens with zero attached hydrogens (tertiary/aromatic N) is 2. The molecule has 1 unspecified atom stereocenters. The van der Waals surface area contributed by atoms with Gasteiger partial charge in [0.15, 0.2) is 0 Å². The first kappa shape index (κ1) is 17.7. The van der Waals surface area contributed by atoms with E-state index in [2.05, 4.69) is 22.1 Å². The number of carbonyl (C=O) groups excluding carboxylic acids is 1. The SMILES string of the molecule is Cc1ccccc1-c1nc(CC(=O)NCC(C)N2CCCC2)c(C)o1. The first-order valence-electron chi connectivity index (χ1n) is 9.07. The van der Waals surface area contributed by atoms with Crippen molar-refractivity contribution < 1.29 is 9.21 Å². The van der Waals surface area contributed by atoms with Gasteiger partial charge in [-0.25, -0.2) is 4.98 Å². The molecule has 0 spiro atoms. The lowest BCUT2D eigenvalue weighted by atomic mass is 10.1. The van der Waals surface area contributed by atoms with Crippen LogP contribution in [0.5, 0.6) is 0 Å². The van der Waals surface area contributed by atoms with Gasteiger partial charge in [-0.05, 0) is 58.3 Å². The van der Waals surface area contributed by atoms with E-state index in [1.54, 1.807) is 0 Å². The molecule has 1 atom stereocenters. The molecule has 0 aliphatic carbocycles. The van der Waals surface area contributed by atoms with Crippen LogP contribution in [0.25, 0.3) is 11.5 Å². The van der Waals surface area contributed by atoms with Crippen LogP contribution >= 0.6 is 0 Å². The number of aromatic nitrogens is 1. The Kier molecular flexibility index (Phi) is 5.53. The molecule has 0 saturated carbocycles. The van der Waals surface area contributed by atoms with Gasteiger partial charge in [0.25, 0.3) is 0 Å². The van der Waals surface area contributed by atoms with Crippen molar-refractivity contribution in [3.8, 4) is 11.5 Å². The van der Waals surface area contributed by atoms with E-state index in [0.717, 1.165) is 24.2 Å². The summed E-state index contributed by atoms with van der Waals surface area (Å²) in [5.41, 5.74) is 2.80. The van der Waals surface area contributed by atoms with E-state index < -0.39 is 0 Å². The largest absolute Gasteiger partial charge is 0.441 e. The zero-order chi connectivity index (χ0) is 17.8.